The Kier molecular flexibility index (Phi) is 5.13. The molecule has 1 saturated heterocycles. The molecule has 1 aliphatic rings. The standard InChI is InChI=1S/C16H26BN3O3/c1-7-13(18-6)14(21)20-12-8-11(9-19-10-12)17-22-15(2,3)16(4,5)23-17/h8-10,13,18H,7H2,1-6H3,(H,20,21). The summed E-state index contributed by atoms with van der Waals surface area (Å²) in [6.45, 7) is 9.98. The van der Waals surface area contributed by atoms with Crippen molar-refractivity contribution in [1.82, 2.24) is 10.3 Å². The van der Waals surface area contributed by atoms with Gasteiger partial charge in [-0.1, -0.05) is 6.92 Å². The highest BCUT2D eigenvalue weighted by Crippen LogP contribution is 2.36. The first kappa shape index (κ1) is 17.9. The number of carbonyl (C=O) groups is 1. The molecule has 23 heavy (non-hydrogen) atoms. The van der Waals surface area contributed by atoms with E-state index in [0.29, 0.717) is 12.1 Å². The van der Waals surface area contributed by atoms with E-state index in [1.807, 2.05) is 40.7 Å². The molecule has 1 aliphatic heterocycles. The van der Waals surface area contributed by atoms with E-state index >= 15 is 0 Å². The normalized spacial score (nSPS) is 20.3. The van der Waals surface area contributed by atoms with Gasteiger partial charge in [0.25, 0.3) is 0 Å². The predicted octanol–water partition coefficient (Wildman–Crippen LogP) is 1.32. The minimum atomic E-state index is -0.490. The fourth-order valence-electron chi connectivity index (χ4n) is 2.38. The van der Waals surface area contributed by atoms with E-state index < -0.39 is 18.3 Å². The predicted molar refractivity (Wildman–Crippen MR) is 91.7 cm³/mol. The molecule has 0 spiro atoms. The van der Waals surface area contributed by atoms with Gasteiger partial charge in [0.05, 0.1) is 29.1 Å². The highest BCUT2D eigenvalue weighted by molar-refractivity contribution is 6.62. The van der Waals surface area contributed by atoms with E-state index in [0.717, 1.165) is 5.46 Å². The van der Waals surface area contributed by atoms with Gasteiger partial charge in [-0.15, -0.1) is 0 Å². The summed E-state index contributed by atoms with van der Waals surface area (Å²) in [5, 5.41) is 5.86. The summed E-state index contributed by atoms with van der Waals surface area (Å²) in [6, 6.07) is 1.62. The molecule has 6 nitrogen and oxygen atoms in total. The lowest BCUT2D eigenvalue weighted by molar-refractivity contribution is -0.118. The summed E-state index contributed by atoms with van der Waals surface area (Å²) in [5.74, 6) is -0.0807. The number of likely N-dealkylation sites (N-methyl/N-ethyl adjacent to an activating group) is 1. The molecule has 2 rings (SSSR count). The van der Waals surface area contributed by atoms with Crippen molar-refractivity contribution >= 4 is 24.2 Å². The monoisotopic (exact) mass is 319 g/mol. The van der Waals surface area contributed by atoms with E-state index in [9.17, 15) is 4.79 Å². The van der Waals surface area contributed by atoms with Crippen LogP contribution in [0.25, 0.3) is 0 Å². The Hall–Kier alpha value is -1.44. The minimum Gasteiger partial charge on any atom is -0.399 e. The van der Waals surface area contributed by atoms with Gasteiger partial charge in [-0.25, -0.2) is 0 Å². The van der Waals surface area contributed by atoms with Crippen molar-refractivity contribution < 1.29 is 14.1 Å². The van der Waals surface area contributed by atoms with E-state index in [2.05, 4.69) is 15.6 Å². The second kappa shape index (κ2) is 6.59. The Morgan fingerprint density at radius 1 is 1.26 bits per heavy atom. The lowest BCUT2D eigenvalue weighted by Crippen LogP contribution is -2.41. The smallest absolute Gasteiger partial charge is 0.399 e. The molecule has 1 fully saturated rings. The Morgan fingerprint density at radius 2 is 1.87 bits per heavy atom. The SMILES string of the molecule is CCC(NC)C(=O)Nc1cncc(B2OC(C)(C)C(C)(C)O2)c1. The number of amides is 1. The van der Waals surface area contributed by atoms with Crippen LogP contribution >= 0.6 is 0 Å². The zero-order valence-corrected chi connectivity index (χ0v) is 14.8. The second-order valence-corrected chi connectivity index (χ2v) is 6.83. The molecule has 1 amide bonds. The highest BCUT2D eigenvalue weighted by Gasteiger charge is 2.51. The molecule has 0 aliphatic carbocycles. The quantitative estimate of drug-likeness (QED) is 0.801. The van der Waals surface area contributed by atoms with E-state index in [4.69, 9.17) is 9.31 Å². The minimum absolute atomic E-state index is 0.0807. The molecular formula is C16H26BN3O3. The number of aromatic nitrogens is 1. The molecular weight excluding hydrogens is 293 g/mol. The van der Waals surface area contributed by atoms with Gasteiger partial charge in [0, 0.05) is 11.7 Å². The zero-order chi connectivity index (χ0) is 17.3. The number of hydrogen-bond donors (Lipinski definition) is 2. The van der Waals surface area contributed by atoms with Crippen molar-refractivity contribution in [2.75, 3.05) is 12.4 Å². The third kappa shape index (κ3) is 3.73. The van der Waals surface area contributed by atoms with Crippen molar-refractivity contribution in [2.45, 2.75) is 58.3 Å². The van der Waals surface area contributed by atoms with Gasteiger partial charge < -0.3 is 19.9 Å². The van der Waals surface area contributed by atoms with Crippen molar-refractivity contribution in [3.8, 4) is 0 Å². The largest absolute Gasteiger partial charge is 0.496 e. The molecule has 1 unspecified atom stereocenters. The third-order valence-electron chi connectivity index (χ3n) is 4.63. The van der Waals surface area contributed by atoms with Crippen LogP contribution in [0.5, 0.6) is 0 Å². The van der Waals surface area contributed by atoms with Crippen LogP contribution < -0.4 is 16.1 Å². The van der Waals surface area contributed by atoms with Crippen LogP contribution in [0.3, 0.4) is 0 Å². The van der Waals surface area contributed by atoms with Gasteiger partial charge in [0.1, 0.15) is 0 Å². The van der Waals surface area contributed by atoms with Gasteiger partial charge in [-0.2, -0.15) is 0 Å². The second-order valence-electron chi connectivity index (χ2n) is 6.83. The van der Waals surface area contributed by atoms with E-state index in [1.54, 1.807) is 19.4 Å². The number of rotatable bonds is 5. The summed E-state index contributed by atoms with van der Waals surface area (Å²) in [5.41, 5.74) is 0.613. The van der Waals surface area contributed by atoms with Crippen molar-refractivity contribution in [1.29, 1.82) is 0 Å². The Bertz CT molecular complexity index is 557. The number of pyridine rings is 1. The number of nitrogens with zero attached hydrogens (tertiary/aromatic N) is 1. The Labute approximate surface area is 138 Å². The molecule has 126 valence electrons. The van der Waals surface area contributed by atoms with Crippen molar-refractivity contribution in [2.24, 2.45) is 0 Å². The molecule has 2 N–H and O–H groups in total. The maximum absolute atomic E-state index is 12.1. The van der Waals surface area contributed by atoms with Gasteiger partial charge >= 0.3 is 7.12 Å². The Morgan fingerprint density at radius 3 is 2.39 bits per heavy atom. The first-order valence-electron chi connectivity index (χ1n) is 7.99. The first-order chi connectivity index (χ1) is 10.7. The summed E-state index contributed by atoms with van der Waals surface area (Å²) in [6.07, 6.45) is 4.04. The fraction of sp³-hybridized carbons (Fsp3) is 0.625. The zero-order valence-electron chi connectivity index (χ0n) is 14.8. The number of nitrogens with one attached hydrogen (secondary N) is 2. The highest BCUT2D eigenvalue weighted by atomic mass is 16.7. The molecule has 0 bridgehead atoms. The van der Waals surface area contributed by atoms with Gasteiger partial charge in [0.15, 0.2) is 0 Å². The number of hydrogen-bond acceptors (Lipinski definition) is 5. The molecule has 1 atom stereocenters. The number of carbonyl (C=O) groups excluding carboxylic acids is 1. The van der Waals surface area contributed by atoms with Crippen LogP contribution in [0.15, 0.2) is 18.5 Å². The van der Waals surface area contributed by atoms with Crippen LogP contribution in [-0.4, -0.2) is 42.3 Å². The first-order valence-corrected chi connectivity index (χ1v) is 7.99. The summed E-state index contributed by atoms with van der Waals surface area (Å²) >= 11 is 0. The van der Waals surface area contributed by atoms with E-state index in [-0.39, 0.29) is 11.9 Å². The van der Waals surface area contributed by atoms with Crippen LogP contribution in [0.2, 0.25) is 0 Å². The van der Waals surface area contributed by atoms with Crippen LogP contribution in [0.1, 0.15) is 41.0 Å². The topological polar surface area (TPSA) is 72.5 Å². The van der Waals surface area contributed by atoms with E-state index in [1.165, 1.54) is 0 Å². The summed E-state index contributed by atoms with van der Waals surface area (Å²) < 4.78 is 12.0. The van der Waals surface area contributed by atoms with Crippen LogP contribution in [0.4, 0.5) is 5.69 Å². The van der Waals surface area contributed by atoms with Crippen molar-refractivity contribution in [3.63, 3.8) is 0 Å². The molecule has 1 aromatic heterocycles. The average Bonchev–Trinajstić information content (AvgIpc) is 2.69. The maximum atomic E-state index is 12.1. The fourth-order valence-corrected chi connectivity index (χ4v) is 2.38. The van der Waals surface area contributed by atoms with Crippen LogP contribution in [-0.2, 0) is 14.1 Å². The third-order valence-corrected chi connectivity index (χ3v) is 4.63. The summed E-state index contributed by atoms with van der Waals surface area (Å²) in [7, 11) is 1.28. The molecule has 2 heterocycles. The molecule has 0 radical (unpaired) electrons. The molecule has 1 aromatic rings. The molecule has 7 heteroatoms. The van der Waals surface area contributed by atoms with Gasteiger partial charge in [-0.3, -0.25) is 9.78 Å². The summed E-state index contributed by atoms with van der Waals surface area (Å²) in [4.78, 5) is 16.3. The van der Waals surface area contributed by atoms with Crippen LogP contribution in [0, 0.1) is 0 Å². The van der Waals surface area contributed by atoms with Crippen molar-refractivity contribution in [3.05, 3.63) is 18.5 Å². The Balaban J connectivity index is 2.14. The maximum Gasteiger partial charge on any atom is 0.496 e. The lowest BCUT2D eigenvalue weighted by atomic mass is 9.80. The lowest BCUT2D eigenvalue weighted by Gasteiger charge is -2.32. The number of anilines is 1. The van der Waals surface area contributed by atoms with Gasteiger partial charge in [0.2, 0.25) is 5.91 Å². The van der Waals surface area contributed by atoms with Gasteiger partial charge in [-0.05, 0) is 47.2 Å². The molecule has 0 aromatic carbocycles. The average molecular weight is 319 g/mol. The molecule has 0 saturated carbocycles.